The topological polar surface area (TPSA) is 65.0 Å². The minimum absolute atomic E-state index is 0.788. The van der Waals surface area contributed by atoms with Gasteiger partial charge in [-0.1, -0.05) is 63.1 Å². The van der Waals surface area contributed by atoms with Crippen molar-refractivity contribution in [2.75, 3.05) is 0 Å². The van der Waals surface area contributed by atoms with Gasteiger partial charge in [0, 0.05) is 17.4 Å². The fraction of sp³-hybridized carbons (Fsp3) is 0.118. The molecule has 25 heavy (non-hydrogen) atoms. The molecule has 0 bridgehead atoms. The first kappa shape index (κ1) is 16.6. The van der Waals surface area contributed by atoms with Crippen LogP contribution in [0, 0.1) is 0 Å². The van der Waals surface area contributed by atoms with Gasteiger partial charge >= 0.3 is 0 Å². The van der Waals surface area contributed by atoms with E-state index in [0.29, 0.717) is 0 Å². The predicted octanol–water partition coefficient (Wildman–Crippen LogP) is 5.61. The average molecular weight is 388 g/mol. The molecule has 0 aliphatic carbocycles. The van der Waals surface area contributed by atoms with Crippen molar-refractivity contribution in [1.82, 2.24) is 15.5 Å². The van der Waals surface area contributed by atoms with Crippen LogP contribution in [0.1, 0.15) is 11.3 Å². The van der Waals surface area contributed by atoms with Crippen LogP contribution in [0.3, 0.4) is 0 Å². The number of benzene rings is 2. The first-order chi connectivity index (χ1) is 12.4. The molecule has 0 saturated heterocycles. The summed E-state index contributed by atoms with van der Waals surface area (Å²) in [6.45, 7) is 0. The van der Waals surface area contributed by atoms with Crippen molar-refractivity contribution in [3.05, 3.63) is 65.9 Å². The van der Waals surface area contributed by atoms with E-state index in [1.54, 1.807) is 31.4 Å². The highest BCUT2D eigenvalue weighted by atomic mass is 33.5. The van der Waals surface area contributed by atoms with E-state index >= 15 is 0 Å². The van der Waals surface area contributed by atoms with Gasteiger partial charge in [0.2, 0.25) is 0 Å². The van der Waals surface area contributed by atoms with Crippen molar-refractivity contribution in [2.45, 2.75) is 11.5 Å². The van der Waals surface area contributed by atoms with Crippen LogP contribution in [-0.4, -0.2) is 15.5 Å². The van der Waals surface area contributed by atoms with Gasteiger partial charge in [-0.05, 0) is 37.8 Å². The number of aromatic nitrogens is 3. The van der Waals surface area contributed by atoms with Crippen molar-refractivity contribution in [3.8, 4) is 11.3 Å². The Bertz CT molecular complexity index is 956. The van der Waals surface area contributed by atoms with Gasteiger partial charge in [-0.15, -0.1) is 0 Å². The first-order valence-corrected chi connectivity index (χ1v) is 11.3. The molecule has 0 radical (unpaired) electrons. The molecule has 0 amide bonds. The molecule has 2 heterocycles. The first-order valence-electron chi connectivity index (χ1n) is 7.52. The minimum atomic E-state index is 0.788. The smallest absolute Gasteiger partial charge is 0.167 e. The molecule has 0 saturated carbocycles. The van der Waals surface area contributed by atoms with E-state index in [1.165, 1.54) is 5.56 Å². The number of hydrogen-bond acceptors (Lipinski definition) is 8. The summed E-state index contributed by atoms with van der Waals surface area (Å²) >= 11 is 0. The van der Waals surface area contributed by atoms with Gasteiger partial charge in [-0.2, -0.15) is 0 Å². The summed E-state index contributed by atoms with van der Waals surface area (Å²) < 4.78 is 10.1. The minimum Gasteiger partial charge on any atom is -0.356 e. The molecular formula is C17H13N3O2S3. The highest BCUT2D eigenvalue weighted by Gasteiger charge is 2.07. The van der Waals surface area contributed by atoms with Crippen molar-refractivity contribution < 1.29 is 9.15 Å². The van der Waals surface area contributed by atoms with Crippen molar-refractivity contribution in [1.29, 1.82) is 0 Å². The third kappa shape index (κ3) is 4.20. The molecule has 0 aliphatic rings. The van der Waals surface area contributed by atoms with Crippen molar-refractivity contribution in [2.24, 2.45) is 0 Å². The average Bonchev–Trinajstić information content (AvgIpc) is 3.31. The highest BCUT2D eigenvalue weighted by Crippen LogP contribution is 2.39. The van der Waals surface area contributed by atoms with E-state index in [9.17, 15) is 0 Å². The molecular weight excluding hydrogens is 374 g/mol. The SMILES string of the molecule is c1ccc(-c2cc(CSSSCc3ccc4nonc4c3)no2)cc1. The number of nitrogens with zero attached hydrogens (tertiary/aromatic N) is 3. The summed E-state index contributed by atoms with van der Waals surface area (Å²) in [6, 6.07) is 18.0. The van der Waals surface area contributed by atoms with Gasteiger partial charge in [0.15, 0.2) is 5.76 Å². The summed E-state index contributed by atoms with van der Waals surface area (Å²) in [5, 5.41) is 11.8. The molecule has 2 aromatic heterocycles. The fourth-order valence-corrected chi connectivity index (χ4v) is 5.72. The number of rotatable bonds is 7. The third-order valence-corrected chi connectivity index (χ3v) is 7.54. The molecule has 0 fully saturated rings. The van der Waals surface area contributed by atoms with E-state index in [2.05, 4.69) is 21.5 Å². The maximum atomic E-state index is 5.41. The van der Waals surface area contributed by atoms with Crippen LogP contribution >= 0.6 is 31.4 Å². The fourth-order valence-electron chi connectivity index (χ4n) is 2.25. The maximum absolute atomic E-state index is 5.41. The Labute approximate surface area is 155 Å². The zero-order valence-corrected chi connectivity index (χ0v) is 15.4. The Morgan fingerprint density at radius 2 is 1.64 bits per heavy atom. The molecule has 0 aliphatic heterocycles. The van der Waals surface area contributed by atoms with Crippen LogP contribution in [0.15, 0.2) is 63.7 Å². The second kappa shape index (κ2) is 7.99. The van der Waals surface area contributed by atoms with Gasteiger partial charge in [-0.25, -0.2) is 4.63 Å². The van der Waals surface area contributed by atoms with Crippen LogP contribution in [0.5, 0.6) is 0 Å². The van der Waals surface area contributed by atoms with Gasteiger partial charge < -0.3 is 4.52 Å². The van der Waals surface area contributed by atoms with Crippen LogP contribution in [-0.2, 0) is 11.5 Å². The highest BCUT2D eigenvalue weighted by molar-refractivity contribution is 9.09. The molecule has 126 valence electrons. The summed E-state index contributed by atoms with van der Waals surface area (Å²) in [5.41, 5.74) is 4.79. The number of hydrogen-bond donors (Lipinski definition) is 0. The van der Waals surface area contributed by atoms with E-state index in [1.807, 2.05) is 48.5 Å². The Morgan fingerprint density at radius 1 is 0.800 bits per heavy atom. The third-order valence-electron chi connectivity index (χ3n) is 3.46. The van der Waals surface area contributed by atoms with Gasteiger partial charge in [0.05, 0.1) is 11.4 Å². The second-order valence-corrected chi connectivity index (χ2v) is 9.46. The largest absolute Gasteiger partial charge is 0.356 e. The van der Waals surface area contributed by atoms with E-state index in [0.717, 1.165) is 39.6 Å². The van der Waals surface area contributed by atoms with Crippen LogP contribution in [0.4, 0.5) is 0 Å². The summed E-state index contributed by atoms with van der Waals surface area (Å²) in [5.74, 6) is 2.51. The Hall–Kier alpha value is -1.90. The second-order valence-electron chi connectivity index (χ2n) is 5.23. The van der Waals surface area contributed by atoms with Gasteiger partial charge in [-0.3, -0.25) is 0 Å². The van der Waals surface area contributed by atoms with Crippen molar-refractivity contribution in [3.63, 3.8) is 0 Å². The van der Waals surface area contributed by atoms with E-state index < -0.39 is 0 Å². The van der Waals surface area contributed by atoms with Crippen LogP contribution < -0.4 is 0 Å². The zero-order valence-electron chi connectivity index (χ0n) is 13.0. The monoisotopic (exact) mass is 387 g/mol. The van der Waals surface area contributed by atoms with Crippen LogP contribution in [0.2, 0.25) is 0 Å². The predicted molar refractivity (Wildman–Crippen MR) is 104 cm³/mol. The molecule has 0 N–H and O–H groups in total. The maximum Gasteiger partial charge on any atom is 0.167 e. The number of fused-ring (bicyclic) bond motifs is 1. The zero-order chi connectivity index (χ0) is 16.9. The lowest BCUT2D eigenvalue weighted by Gasteiger charge is -1.99. The Kier molecular flexibility index (Phi) is 5.29. The molecule has 2 aromatic carbocycles. The molecule has 5 nitrogen and oxygen atoms in total. The molecule has 4 rings (SSSR count). The van der Waals surface area contributed by atoms with E-state index in [-0.39, 0.29) is 0 Å². The molecule has 0 unspecified atom stereocenters. The van der Waals surface area contributed by atoms with Crippen molar-refractivity contribution >= 4 is 42.4 Å². The molecule has 0 atom stereocenters. The summed E-state index contributed by atoms with van der Waals surface area (Å²) in [7, 11) is 5.28. The molecule has 8 heteroatoms. The van der Waals surface area contributed by atoms with Gasteiger partial charge in [0.25, 0.3) is 0 Å². The normalized spacial score (nSPS) is 11.2. The van der Waals surface area contributed by atoms with Gasteiger partial charge in [0.1, 0.15) is 11.0 Å². The standard InChI is InChI=1S/C17H13N3O2S3/c1-2-4-13(5-3-1)17-9-14(18-21-17)11-24-25-23-10-12-6-7-15-16(8-12)20-22-19-15/h1-9H,10-11H2. The molecule has 4 aromatic rings. The summed E-state index contributed by atoms with van der Waals surface area (Å²) in [4.78, 5) is 0. The lowest BCUT2D eigenvalue weighted by Crippen LogP contribution is -1.79. The summed E-state index contributed by atoms with van der Waals surface area (Å²) in [6.07, 6.45) is 0. The lowest BCUT2D eigenvalue weighted by molar-refractivity contribution is 0.315. The Balaban J connectivity index is 1.24. The van der Waals surface area contributed by atoms with Crippen LogP contribution in [0.25, 0.3) is 22.4 Å². The quantitative estimate of drug-likeness (QED) is 0.299. The Morgan fingerprint density at radius 3 is 2.56 bits per heavy atom. The van der Waals surface area contributed by atoms with E-state index in [4.69, 9.17) is 9.15 Å². The molecule has 0 spiro atoms. The lowest BCUT2D eigenvalue weighted by atomic mass is 10.2.